The minimum absolute atomic E-state index is 0.0833. The summed E-state index contributed by atoms with van der Waals surface area (Å²) in [5, 5.41) is 12.8. The molecule has 0 unspecified atom stereocenters. The van der Waals surface area contributed by atoms with E-state index in [-0.39, 0.29) is 23.3 Å². The van der Waals surface area contributed by atoms with E-state index in [9.17, 15) is 9.59 Å². The Hall–Kier alpha value is -2.79. The zero-order valence-electron chi connectivity index (χ0n) is 19.3. The molecule has 1 heterocycles. The highest BCUT2D eigenvalue weighted by molar-refractivity contribution is 5.92. The molecule has 0 bridgehead atoms. The van der Waals surface area contributed by atoms with E-state index >= 15 is 0 Å². The molecule has 3 rings (SSSR count). The molecule has 1 saturated carbocycles. The average molecular weight is 444 g/mol. The molecule has 8 heteroatoms. The third-order valence-electron chi connectivity index (χ3n) is 5.88. The molecular formula is C24H33N3O5. The third kappa shape index (κ3) is 6.36. The number of likely N-dealkylation sites (tertiary alicyclic amines) is 1. The number of nitrogens with one attached hydrogen (secondary N) is 1. The lowest BCUT2D eigenvalue weighted by atomic mass is 9.88. The van der Waals surface area contributed by atoms with Crippen LogP contribution in [0, 0.1) is 17.2 Å². The van der Waals surface area contributed by atoms with Gasteiger partial charge in [0, 0.05) is 19.1 Å². The van der Waals surface area contributed by atoms with Crippen molar-refractivity contribution in [3.8, 4) is 11.8 Å². The van der Waals surface area contributed by atoms with E-state index in [0.717, 1.165) is 45.3 Å². The van der Waals surface area contributed by atoms with Gasteiger partial charge in [0.25, 0.3) is 0 Å². The fourth-order valence-electron chi connectivity index (χ4n) is 3.97. The molecule has 1 amide bonds. The molecule has 0 radical (unpaired) electrons. The summed E-state index contributed by atoms with van der Waals surface area (Å²) in [6, 6.07) is 7.27. The first-order valence-electron chi connectivity index (χ1n) is 11.2. The summed E-state index contributed by atoms with van der Waals surface area (Å²) in [6.45, 7) is 8.06. The van der Waals surface area contributed by atoms with Gasteiger partial charge in [-0.05, 0) is 77.1 Å². The predicted molar refractivity (Wildman–Crippen MR) is 118 cm³/mol. The molecule has 1 aliphatic heterocycles. The van der Waals surface area contributed by atoms with E-state index < -0.39 is 11.6 Å². The Kier molecular flexibility index (Phi) is 7.62. The van der Waals surface area contributed by atoms with E-state index in [0.29, 0.717) is 17.7 Å². The number of methoxy groups -OCH3 is 1. The standard InChI is InChI=1S/C24H33N3O5/c1-24(2,3)32-23(29)27-9-7-16(8-10-27)15-26-18-11-20(12-18)31-19-6-5-17(14-25)21(13-19)22(28)30-4/h5-6,13,16,18,20,26H,7-12,15H2,1-4H3. The quantitative estimate of drug-likeness (QED) is 0.672. The Morgan fingerprint density at radius 3 is 2.50 bits per heavy atom. The summed E-state index contributed by atoms with van der Waals surface area (Å²) in [5.41, 5.74) is 0.0334. The summed E-state index contributed by atoms with van der Waals surface area (Å²) >= 11 is 0. The molecule has 174 valence electrons. The number of rotatable bonds is 6. The Morgan fingerprint density at radius 1 is 1.22 bits per heavy atom. The fraction of sp³-hybridized carbons (Fsp3) is 0.625. The van der Waals surface area contributed by atoms with Crippen LogP contribution in [0.5, 0.6) is 5.75 Å². The molecule has 32 heavy (non-hydrogen) atoms. The van der Waals surface area contributed by atoms with Gasteiger partial charge in [0.05, 0.1) is 18.2 Å². The highest BCUT2D eigenvalue weighted by Crippen LogP contribution is 2.28. The van der Waals surface area contributed by atoms with Crippen LogP contribution in [0.4, 0.5) is 4.79 Å². The molecule has 2 fully saturated rings. The molecule has 8 nitrogen and oxygen atoms in total. The molecular weight excluding hydrogens is 410 g/mol. The normalized spacial score (nSPS) is 21.3. The van der Waals surface area contributed by atoms with Crippen molar-refractivity contribution in [2.75, 3.05) is 26.7 Å². The molecule has 2 aliphatic rings. The zero-order chi connectivity index (χ0) is 23.3. The Balaban J connectivity index is 1.37. The van der Waals surface area contributed by atoms with Crippen molar-refractivity contribution in [2.45, 2.75) is 64.2 Å². The number of nitrogens with zero attached hydrogens (tertiary/aromatic N) is 2. The van der Waals surface area contributed by atoms with Crippen molar-refractivity contribution in [2.24, 2.45) is 5.92 Å². The molecule has 1 aliphatic carbocycles. The number of carbonyl (C=O) groups is 2. The van der Waals surface area contributed by atoms with E-state index in [1.165, 1.54) is 7.11 Å². The molecule has 1 N–H and O–H groups in total. The first-order valence-corrected chi connectivity index (χ1v) is 11.2. The Labute approximate surface area is 189 Å². The maximum absolute atomic E-state index is 12.2. The van der Waals surface area contributed by atoms with Gasteiger partial charge < -0.3 is 24.4 Å². The van der Waals surface area contributed by atoms with Crippen LogP contribution in [0.25, 0.3) is 0 Å². The fourth-order valence-corrected chi connectivity index (χ4v) is 3.97. The van der Waals surface area contributed by atoms with Crippen LogP contribution >= 0.6 is 0 Å². The monoisotopic (exact) mass is 443 g/mol. The van der Waals surface area contributed by atoms with E-state index in [4.69, 9.17) is 19.5 Å². The Morgan fingerprint density at radius 2 is 1.91 bits per heavy atom. The number of hydrogen-bond donors (Lipinski definition) is 1. The molecule has 1 aromatic carbocycles. The van der Waals surface area contributed by atoms with Crippen molar-refractivity contribution >= 4 is 12.1 Å². The highest BCUT2D eigenvalue weighted by Gasteiger charge is 2.32. The van der Waals surface area contributed by atoms with E-state index in [1.807, 2.05) is 26.8 Å². The number of esters is 1. The first-order chi connectivity index (χ1) is 15.2. The summed E-state index contributed by atoms with van der Waals surface area (Å²) in [4.78, 5) is 25.8. The Bertz CT molecular complexity index is 859. The molecule has 1 aromatic rings. The van der Waals surface area contributed by atoms with Gasteiger partial charge in [-0.25, -0.2) is 9.59 Å². The van der Waals surface area contributed by atoms with Crippen LogP contribution in [0.1, 0.15) is 62.4 Å². The van der Waals surface area contributed by atoms with Gasteiger partial charge in [0.15, 0.2) is 0 Å². The van der Waals surface area contributed by atoms with Crippen LogP contribution in [-0.2, 0) is 9.47 Å². The predicted octanol–water partition coefficient (Wildman–Crippen LogP) is 3.49. The summed E-state index contributed by atoms with van der Waals surface area (Å²) < 4.78 is 16.2. The minimum Gasteiger partial charge on any atom is -0.490 e. The van der Waals surface area contributed by atoms with Gasteiger partial charge in [-0.2, -0.15) is 5.26 Å². The van der Waals surface area contributed by atoms with Crippen molar-refractivity contribution in [1.82, 2.24) is 10.2 Å². The van der Waals surface area contributed by atoms with Crippen molar-refractivity contribution in [3.05, 3.63) is 29.3 Å². The maximum Gasteiger partial charge on any atom is 0.410 e. The van der Waals surface area contributed by atoms with Crippen LogP contribution in [0.3, 0.4) is 0 Å². The second-order valence-electron chi connectivity index (χ2n) is 9.54. The maximum atomic E-state index is 12.2. The second-order valence-corrected chi connectivity index (χ2v) is 9.54. The van der Waals surface area contributed by atoms with Gasteiger partial charge in [0.1, 0.15) is 23.5 Å². The van der Waals surface area contributed by atoms with E-state index in [2.05, 4.69) is 5.32 Å². The van der Waals surface area contributed by atoms with Crippen LogP contribution < -0.4 is 10.1 Å². The molecule has 0 aromatic heterocycles. The largest absolute Gasteiger partial charge is 0.490 e. The topological polar surface area (TPSA) is 101 Å². The summed E-state index contributed by atoms with van der Waals surface area (Å²) in [6.07, 6.45) is 3.59. The van der Waals surface area contributed by atoms with E-state index in [1.54, 1.807) is 23.1 Å². The lowest BCUT2D eigenvalue weighted by molar-refractivity contribution is 0.0177. The summed E-state index contributed by atoms with van der Waals surface area (Å²) in [5.74, 6) is 0.579. The molecule has 0 spiro atoms. The van der Waals surface area contributed by atoms with Gasteiger partial charge >= 0.3 is 12.1 Å². The lowest BCUT2D eigenvalue weighted by Gasteiger charge is -2.38. The number of carbonyl (C=O) groups excluding carboxylic acids is 2. The van der Waals surface area contributed by atoms with Crippen molar-refractivity contribution < 1.29 is 23.8 Å². The number of piperidine rings is 1. The van der Waals surface area contributed by atoms with Gasteiger partial charge in [-0.3, -0.25) is 0 Å². The van der Waals surface area contributed by atoms with Gasteiger partial charge in [-0.1, -0.05) is 0 Å². The highest BCUT2D eigenvalue weighted by atomic mass is 16.6. The number of nitriles is 1. The number of benzene rings is 1. The van der Waals surface area contributed by atoms with Crippen molar-refractivity contribution in [1.29, 1.82) is 5.26 Å². The smallest absolute Gasteiger partial charge is 0.410 e. The first kappa shape index (κ1) is 23.9. The lowest BCUT2D eigenvalue weighted by Crippen LogP contribution is -2.49. The van der Waals surface area contributed by atoms with Crippen molar-refractivity contribution in [3.63, 3.8) is 0 Å². The zero-order valence-corrected chi connectivity index (χ0v) is 19.3. The SMILES string of the molecule is COC(=O)c1cc(OC2CC(NCC3CCN(C(=O)OC(C)(C)C)CC3)C2)ccc1C#N. The minimum atomic E-state index is -0.544. The summed E-state index contributed by atoms with van der Waals surface area (Å²) in [7, 11) is 1.29. The molecule has 1 saturated heterocycles. The van der Waals surface area contributed by atoms with Crippen LogP contribution in [-0.4, -0.2) is 61.5 Å². The third-order valence-corrected chi connectivity index (χ3v) is 5.88. The average Bonchev–Trinajstić information content (AvgIpc) is 2.73. The van der Waals surface area contributed by atoms with Crippen LogP contribution in [0.2, 0.25) is 0 Å². The van der Waals surface area contributed by atoms with Gasteiger partial charge in [0.2, 0.25) is 0 Å². The number of hydrogen-bond acceptors (Lipinski definition) is 7. The molecule has 0 atom stereocenters. The number of amides is 1. The number of ether oxygens (including phenoxy) is 3. The van der Waals surface area contributed by atoms with Gasteiger partial charge in [-0.15, -0.1) is 0 Å². The second kappa shape index (κ2) is 10.2. The van der Waals surface area contributed by atoms with Crippen LogP contribution in [0.15, 0.2) is 18.2 Å².